The van der Waals surface area contributed by atoms with Gasteiger partial charge in [-0.15, -0.1) is 5.10 Å². The summed E-state index contributed by atoms with van der Waals surface area (Å²) in [5, 5.41) is 21.8. The van der Waals surface area contributed by atoms with Gasteiger partial charge < -0.3 is 25.1 Å². The van der Waals surface area contributed by atoms with Crippen molar-refractivity contribution in [3.05, 3.63) is 65.8 Å². The first kappa shape index (κ1) is 25.3. The maximum absolute atomic E-state index is 13.8. The van der Waals surface area contributed by atoms with Gasteiger partial charge in [0, 0.05) is 25.7 Å². The third kappa shape index (κ3) is 6.45. The number of nitrogens with zero attached hydrogens (tertiary/aromatic N) is 3. The van der Waals surface area contributed by atoms with Crippen molar-refractivity contribution < 1.29 is 23.5 Å². The number of benzene rings is 2. The van der Waals surface area contributed by atoms with E-state index in [0.29, 0.717) is 30.5 Å². The summed E-state index contributed by atoms with van der Waals surface area (Å²) >= 11 is 0. The van der Waals surface area contributed by atoms with Gasteiger partial charge in [-0.1, -0.05) is 29.4 Å². The normalized spacial score (nSPS) is 17.4. The molecule has 190 valence electrons. The molecule has 0 atom stereocenters. The van der Waals surface area contributed by atoms with E-state index in [1.165, 1.54) is 17.7 Å². The van der Waals surface area contributed by atoms with Crippen molar-refractivity contribution in [3.8, 4) is 0 Å². The Morgan fingerprint density at radius 2 is 1.81 bits per heavy atom. The Kier molecular flexibility index (Phi) is 8.27. The minimum Gasteiger partial charge on any atom is -0.399 e. The third-order valence-electron chi connectivity index (χ3n) is 6.55. The highest BCUT2D eigenvalue weighted by Crippen LogP contribution is 2.37. The molecule has 1 heterocycles. The molecule has 0 radical (unpaired) electrons. The van der Waals surface area contributed by atoms with Crippen LogP contribution < -0.4 is 10.6 Å². The Hall–Kier alpha value is -3.79. The smallest absolute Gasteiger partial charge is 0.320 e. The lowest BCUT2D eigenvalue weighted by Gasteiger charge is -2.29. The monoisotopic (exact) mass is 495 g/mol. The van der Waals surface area contributed by atoms with Crippen molar-refractivity contribution in [2.75, 3.05) is 30.8 Å². The highest BCUT2D eigenvalue weighted by atomic mass is 19.1. The maximum atomic E-state index is 13.8. The van der Waals surface area contributed by atoms with Gasteiger partial charge in [-0.3, -0.25) is 9.59 Å². The van der Waals surface area contributed by atoms with E-state index in [4.69, 9.17) is 9.52 Å². The molecule has 36 heavy (non-hydrogen) atoms. The first-order chi connectivity index (χ1) is 17.4. The molecule has 1 saturated carbocycles. The van der Waals surface area contributed by atoms with E-state index in [1.807, 2.05) is 24.3 Å². The van der Waals surface area contributed by atoms with Crippen molar-refractivity contribution in [1.29, 1.82) is 0 Å². The first-order valence-corrected chi connectivity index (χ1v) is 12.0. The zero-order valence-electron chi connectivity index (χ0n) is 20.1. The number of nitrogens with one attached hydrogen (secondary N) is 2. The Balaban J connectivity index is 1.27. The van der Waals surface area contributed by atoms with Crippen LogP contribution in [0.2, 0.25) is 0 Å². The van der Waals surface area contributed by atoms with Crippen LogP contribution in [0.4, 0.5) is 21.8 Å². The molecular weight excluding hydrogens is 465 g/mol. The van der Waals surface area contributed by atoms with Gasteiger partial charge >= 0.3 is 17.8 Å². The van der Waals surface area contributed by atoms with Crippen molar-refractivity contribution >= 4 is 29.2 Å². The molecule has 10 heteroatoms. The van der Waals surface area contributed by atoms with E-state index in [2.05, 4.69) is 20.8 Å². The second kappa shape index (κ2) is 11.8. The van der Waals surface area contributed by atoms with Crippen LogP contribution >= 0.6 is 0 Å². The molecule has 4 rings (SSSR count). The molecule has 9 nitrogen and oxygen atoms in total. The highest BCUT2D eigenvalue weighted by molar-refractivity contribution is 6.00. The number of aliphatic hydroxyl groups is 1. The molecule has 1 aromatic heterocycles. The number of rotatable bonds is 9. The molecule has 2 amide bonds. The van der Waals surface area contributed by atoms with Crippen LogP contribution in [0.15, 0.2) is 52.9 Å². The van der Waals surface area contributed by atoms with Crippen LogP contribution in [0.3, 0.4) is 0 Å². The number of anilines is 3. The standard InChI is InChI=1S/C26H30FN5O4/c1-32(14-15-33)23(34)16-17-6-8-18(9-7-17)19-10-12-20(13-11-19)28-24(35)25-30-31-26(36-25)29-22-5-3-2-4-21(22)27/h2-5,10-13,17-18,33H,6-9,14-16H2,1H3,(H,28,35)(H,29,31)/t17-,18-. The Morgan fingerprint density at radius 3 is 2.50 bits per heavy atom. The minimum atomic E-state index is -0.562. The van der Waals surface area contributed by atoms with Gasteiger partial charge in [0.25, 0.3) is 0 Å². The van der Waals surface area contributed by atoms with Crippen LogP contribution in [0, 0.1) is 11.7 Å². The lowest BCUT2D eigenvalue weighted by molar-refractivity contribution is -0.131. The lowest BCUT2D eigenvalue weighted by atomic mass is 9.77. The topological polar surface area (TPSA) is 121 Å². The molecule has 3 N–H and O–H groups in total. The van der Waals surface area contributed by atoms with Gasteiger partial charge in [-0.05, 0) is 67.3 Å². The Labute approximate surface area is 208 Å². The fourth-order valence-electron chi connectivity index (χ4n) is 4.44. The number of aliphatic hydroxyl groups excluding tert-OH is 1. The summed E-state index contributed by atoms with van der Waals surface area (Å²) in [4.78, 5) is 26.3. The number of para-hydroxylation sites is 1. The molecule has 1 fully saturated rings. The number of hydrogen-bond acceptors (Lipinski definition) is 7. The summed E-state index contributed by atoms with van der Waals surface area (Å²) in [6.07, 6.45) is 4.52. The fourth-order valence-corrected chi connectivity index (χ4v) is 4.44. The van der Waals surface area contributed by atoms with E-state index < -0.39 is 11.7 Å². The van der Waals surface area contributed by atoms with E-state index in [1.54, 1.807) is 24.1 Å². The second-order valence-corrected chi connectivity index (χ2v) is 9.05. The van der Waals surface area contributed by atoms with E-state index in [9.17, 15) is 14.0 Å². The summed E-state index contributed by atoms with van der Waals surface area (Å²) in [6, 6.07) is 13.6. The van der Waals surface area contributed by atoms with Crippen LogP contribution in [0.25, 0.3) is 0 Å². The third-order valence-corrected chi connectivity index (χ3v) is 6.55. The molecular formula is C26H30FN5O4. The highest BCUT2D eigenvalue weighted by Gasteiger charge is 2.25. The van der Waals surface area contributed by atoms with E-state index in [-0.39, 0.29) is 30.1 Å². The molecule has 2 aromatic carbocycles. The van der Waals surface area contributed by atoms with Gasteiger partial charge in [0.2, 0.25) is 5.91 Å². The molecule has 0 unspecified atom stereocenters. The predicted octanol–water partition coefficient (Wildman–Crippen LogP) is 4.32. The summed E-state index contributed by atoms with van der Waals surface area (Å²) in [6.45, 7) is 0.351. The van der Waals surface area contributed by atoms with Crippen molar-refractivity contribution in [2.45, 2.75) is 38.0 Å². The van der Waals surface area contributed by atoms with Crippen molar-refractivity contribution in [2.24, 2.45) is 5.92 Å². The van der Waals surface area contributed by atoms with Gasteiger partial charge in [0.15, 0.2) is 0 Å². The largest absolute Gasteiger partial charge is 0.399 e. The summed E-state index contributed by atoms with van der Waals surface area (Å²) in [5.74, 6) is -0.401. The van der Waals surface area contributed by atoms with Gasteiger partial charge in [0.05, 0.1) is 12.3 Å². The van der Waals surface area contributed by atoms with Crippen LogP contribution in [-0.2, 0) is 4.79 Å². The zero-order valence-corrected chi connectivity index (χ0v) is 20.1. The predicted molar refractivity (Wildman–Crippen MR) is 132 cm³/mol. The van der Waals surface area contributed by atoms with E-state index in [0.717, 1.165) is 25.7 Å². The fraction of sp³-hybridized carbons (Fsp3) is 0.385. The first-order valence-electron chi connectivity index (χ1n) is 12.0. The van der Waals surface area contributed by atoms with E-state index >= 15 is 0 Å². The Morgan fingerprint density at radius 1 is 1.08 bits per heavy atom. The molecule has 0 saturated heterocycles. The number of hydrogen-bond donors (Lipinski definition) is 3. The average molecular weight is 496 g/mol. The minimum absolute atomic E-state index is 0.0198. The quantitative estimate of drug-likeness (QED) is 0.404. The molecule has 3 aromatic rings. The van der Waals surface area contributed by atoms with Gasteiger partial charge in [-0.25, -0.2) is 4.39 Å². The summed E-state index contributed by atoms with van der Waals surface area (Å²) < 4.78 is 19.1. The number of carbonyl (C=O) groups is 2. The van der Waals surface area contributed by atoms with Crippen LogP contribution in [0.1, 0.15) is 54.3 Å². The molecule has 0 aliphatic heterocycles. The zero-order chi connectivity index (χ0) is 25.5. The molecule has 1 aliphatic carbocycles. The molecule has 0 bridgehead atoms. The number of aromatic nitrogens is 2. The van der Waals surface area contributed by atoms with Crippen molar-refractivity contribution in [1.82, 2.24) is 15.1 Å². The van der Waals surface area contributed by atoms with Gasteiger partial charge in [0.1, 0.15) is 5.82 Å². The summed E-state index contributed by atoms with van der Waals surface area (Å²) in [7, 11) is 1.73. The van der Waals surface area contributed by atoms with Crippen LogP contribution in [-0.4, -0.2) is 52.2 Å². The summed E-state index contributed by atoms with van der Waals surface area (Å²) in [5.41, 5.74) is 1.96. The maximum Gasteiger partial charge on any atom is 0.320 e. The molecule has 0 spiro atoms. The van der Waals surface area contributed by atoms with Gasteiger partial charge in [-0.2, -0.15) is 0 Å². The van der Waals surface area contributed by atoms with Crippen molar-refractivity contribution in [3.63, 3.8) is 0 Å². The number of likely N-dealkylation sites (N-methyl/N-ethyl adjacent to an activating group) is 1. The SMILES string of the molecule is CN(CCO)C(=O)C[C@H]1CC[C@H](c2ccc(NC(=O)c3nnc(Nc4ccccc4F)o3)cc2)CC1. The lowest BCUT2D eigenvalue weighted by Crippen LogP contribution is -2.31. The number of halogens is 1. The average Bonchev–Trinajstić information content (AvgIpc) is 3.35. The second-order valence-electron chi connectivity index (χ2n) is 9.05. The number of amides is 2. The number of carbonyl (C=O) groups excluding carboxylic acids is 2. The van der Waals surface area contributed by atoms with Crippen LogP contribution in [0.5, 0.6) is 0 Å². The Bertz CT molecular complexity index is 1180. The molecule has 1 aliphatic rings.